The van der Waals surface area contributed by atoms with Crippen LogP contribution in [0, 0.1) is 23.2 Å². The van der Waals surface area contributed by atoms with Gasteiger partial charge in [0.2, 0.25) is 11.8 Å². The van der Waals surface area contributed by atoms with Crippen LogP contribution in [-0.4, -0.2) is 51.2 Å². The lowest BCUT2D eigenvalue weighted by molar-refractivity contribution is 0.148. The minimum atomic E-state index is -0.499. The summed E-state index contributed by atoms with van der Waals surface area (Å²) in [6.45, 7) is 1.31. The molecule has 238 valence electrons. The number of amides is 1. The number of carbonyl (C=O) groups is 1. The lowest BCUT2D eigenvalue weighted by atomic mass is 10.1. The lowest BCUT2D eigenvalue weighted by Gasteiger charge is -2.19. The zero-order valence-corrected chi connectivity index (χ0v) is 26.6. The summed E-state index contributed by atoms with van der Waals surface area (Å²) in [5, 5.41) is 13.0. The highest BCUT2D eigenvalue weighted by Crippen LogP contribution is 2.26. The van der Waals surface area contributed by atoms with E-state index in [0.717, 1.165) is 32.6 Å². The number of rotatable bonds is 10. The van der Waals surface area contributed by atoms with Gasteiger partial charge in [-0.05, 0) is 47.5 Å². The van der Waals surface area contributed by atoms with Crippen LogP contribution in [0.25, 0.3) is 27.0 Å². The number of anilines is 2. The molecule has 0 unspecified atom stereocenters. The highest BCUT2D eigenvalue weighted by atomic mass is 32.1. The molecule has 0 saturated carbocycles. The van der Waals surface area contributed by atoms with E-state index in [1.165, 1.54) is 17.7 Å². The number of nitrogens with two attached hydrogens (primary N) is 1. The summed E-state index contributed by atoms with van der Waals surface area (Å²) in [6.07, 6.45) is 2.61. The quantitative estimate of drug-likeness (QED) is 0.128. The molecule has 3 aromatic carbocycles. The summed E-state index contributed by atoms with van der Waals surface area (Å²) in [6, 6.07) is 25.3. The van der Waals surface area contributed by atoms with Crippen LogP contribution in [0.4, 0.5) is 16.4 Å². The molecule has 3 heterocycles. The van der Waals surface area contributed by atoms with Gasteiger partial charge in [-0.15, -0.1) is 11.3 Å². The van der Waals surface area contributed by atoms with Crippen molar-refractivity contribution in [2.45, 2.75) is 13.2 Å². The van der Waals surface area contributed by atoms with Crippen LogP contribution in [0.3, 0.4) is 0 Å². The van der Waals surface area contributed by atoms with Gasteiger partial charge in [0.25, 0.3) is 0 Å². The van der Waals surface area contributed by atoms with Crippen LogP contribution >= 0.6 is 11.3 Å². The number of nitriles is 1. The average Bonchev–Trinajstić information content (AvgIpc) is 3.76. The van der Waals surface area contributed by atoms with Crippen LogP contribution < -0.4 is 20.7 Å². The van der Waals surface area contributed by atoms with Gasteiger partial charge in [0.15, 0.2) is 11.2 Å². The predicted octanol–water partition coefficient (Wildman–Crippen LogP) is 5.45. The van der Waals surface area contributed by atoms with Crippen molar-refractivity contribution in [3.63, 3.8) is 0 Å². The number of aromatic amines is 1. The largest absolute Gasteiger partial charge is 0.471 e. The topological polar surface area (TPSA) is 168 Å². The third-order valence-electron chi connectivity index (χ3n) is 7.15. The van der Waals surface area contributed by atoms with E-state index in [2.05, 4.69) is 48.1 Å². The van der Waals surface area contributed by atoms with Gasteiger partial charge < -0.3 is 30.4 Å². The number of imidazole rings is 1. The number of nitrogen functional groups attached to an aromatic ring is 1. The normalized spacial score (nSPS) is 11.0. The first-order valence-electron chi connectivity index (χ1n) is 14.8. The predicted molar refractivity (Wildman–Crippen MR) is 185 cm³/mol. The van der Waals surface area contributed by atoms with Gasteiger partial charge in [-0.25, -0.2) is 14.8 Å². The van der Waals surface area contributed by atoms with Gasteiger partial charge >= 0.3 is 6.09 Å². The number of thiazole rings is 1. The van der Waals surface area contributed by atoms with Gasteiger partial charge in [-0.2, -0.15) is 15.2 Å². The minimum absolute atomic E-state index is 0.0977. The maximum absolute atomic E-state index is 12.3. The summed E-state index contributed by atoms with van der Waals surface area (Å²) >= 11 is 1.47. The van der Waals surface area contributed by atoms with Crippen molar-refractivity contribution in [2.24, 2.45) is 0 Å². The number of para-hydroxylation sites is 1. The Hall–Kier alpha value is -6.44. The molecule has 3 aromatic heterocycles. The number of carbonyl (C=O) groups excluding carboxylic acids is 1. The number of ether oxygens (including phenoxy) is 2. The Morgan fingerprint density at radius 2 is 1.85 bits per heavy atom. The molecule has 48 heavy (non-hydrogen) atoms. The number of nitrogens with one attached hydrogen (secondary N) is 2. The van der Waals surface area contributed by atoms with Crippen LogP contribution in [0.15, 0.2) is 85.2 Å². The number of fused-ring (bicyclic) bond motifs is 2. The SMILES string of the molecule is CN(CCOC(=O)NCc1ccc(COc2nc(N)nc3[nH]cnc23)cc1)c1ccc(C#C/C=C(\C#N)c2nc3ccccc3s2)cc1. The van der Waals surface area contributed by atoms with Gasteiger partial charge in [-0.3, -0.25) is 0 Å². The van der Waals surface area contributed by atoms with Gasteiger partial charge in [0, 0.05) is 30.9 Å². The molecular formula is C35H29N9O3S. The number of aromatic nitrogens is 5. The maximum atomic E-state index is 12.3. The third kappa shape index (κ3) is 7.85. The molecular weight excluding hydrogens is 627 g/mol. The molecule has 0 aliphatic rings. The molecule has 0 aliphatic carbocycles. The van der Waals surface area contributed by atoms with Crippen LogP contribution in [0.2, 0.25) is 0 Å². The molecule has 0 fully saturated rings. The number of H-pyrrole nitrogens is 1. The molecule has 0 spiro atoms. The number of alkyl carbamates (subject to hydrolysis) is 1. The molecule has 6 rings (SSSR count). The molecule has 6 aromatic rings. The first-order valence-corrected chi connectivity index (χ1v) is 15.6. The van der Waals surface area contributed by atoms with Crippen LogP contribution in [0.1, 0.15) is 21.7 Å². The molecule has 12 nitrogen and oxygen atoms in total. The molecule has 0 bridgehead atoms. The molecule has 4 N–H and O–H groups in total. The van der Waals surface area contributed by atoms with Crippen molar-refractivity contribution in [3.05, 3.63) is 107 Å². The molecule has 0 aliphatic heterocycles. The van der Waals surface area contributed by atoms with E-state index < -0.39 is 6.09 Å². The second-order valence-electron chi connectivity index (χ2n) is 10.5. The van der Waals surface area contributed by atoms with E-state index in [-0.39, 0.29) is 19.2 Å². The van der Waals surface area contributed by atoms with Gasteiger partial charge in [-0.1, -0.05) is 48.2 Å². The second-order valence-corrected chi connectivity index (χ2v) is 11.5. The number of hydrogen-bond donors (Lipinski definition) is 3. The molecule has 0 radical (unpaired) electrons. The van der Waals surface area contributed by atoms with Crippen molar-refractivity contribution in [3.8, 4) is 23.8 Å². The van der Waals surface area contributed by atoms with E-state index in [1.807, 2.05) is 84.7 Å². The Bertz CT molecular complexity index is 2160. The summed E-state index contributed by atoms with van der Waals surface area (Å²) in [5.41, 5.74) is 11.7. The first kappa shape index (κ1) is 31.5. The zero-order valence-electron chi connectivity index (χ0n) is 25.8. The van der Waals surface area contributed by atoms with Crippen molar-refractivity contribution in [2.75, 3.05) is 30.8 Å². The molecule has 0 atom stereocenters. The summed E-state index contributed by atoms with van der Waals surface area (Å²) in [4.78, 5) is 34.1. The summed E-state index contributed by atoms with van der Waals surface area (Å²) < 4.78 is 12.2. The lowest BCUT2D eigenvalue weighted by Crippen LogP contribution is -2.28. The fourth-order valence-corrected chi connectivity index (χ4v) is 5.51. The van der Waals surface area contributed by atoms with Crippen LogP contribution in [0.5, 0.6) is 5.88 Å². The van der Waals surface area contributed by atoms with Crippen molar-refractivity contribution in [1.82, 2.24) is 30.2 Å². The Morgan fingerprint density at radius 3 is 2.65 bits per heavy atom. The van der Waals surface area contributed by atoms with E-state index in [0.29, 0.717) is 40.7 Å². The summed E-state index contributed by atoms with van der Waals surface area (Å²) in [5.74, 6) is 6.45. The van der Waals surface area contributed by atoms with Crippen molar-refractivity contribution < 1.29 is 14.3 Å². The molecule has 1 amide bonds. The number of benzene rings is 3. The highest BCUT2D eigenvalue weighted by Gasteiger charge is 2.11. The Kier molecular flexibility index (Phi) is 9.70. The maximum Gasteiger partial charge on any atom is 0.407 e. The fourth-order valence-electron chi connectivity index (χ4n) is 4.58. The van der Waals surface area contributed by atoms with Gasteiger partial charge in [0.1, 0.15) is 24.3 Å². The van der Waals surface area contributed by atoms with Crippen molar-refractivity contribution >= 4 is 56.0 Å². The number of allylic oxidation sites excluding steroid dienone is 2. The Labute approximate surface area is 279 Å². The second kappa shape index (κ2) is 14.8. The molecule has 0 saturated heterocycles. The zero-order chi connectivity index (χ0) is 33.3. The monoisotopic (exact) mass is 655 g/mol. The smallest absolute Gasteiger partial charge is 0.407 e. The molecule has 13 heteroatoms. The number of likely N-dealkylation sites (N-methyl/N-ethyl adjacent to an activating group) is 1. The summed E-state index contributed by atoms with van der Waals surface area (Å²) in [7, 11) is 1.92. The van der Waals surface area contributed by atoms with E-state index >= 15 is 0 Å². The van der Waals surface area contributed by atoms with E-state index in [9.17, 15) is 10.1 Å². The van der Waals surface area contributed by atoms with Gasteiger partial charge in [0.05, 0.1) is 28.7 Å². The van der Waals surface area contributed by atoms with Crippen molar-refractivity contribution in [1.29, 1.82) is 5.26 Å². The first-order chi connectivity index (χ1) is 23.4. The number of nitrogens with zero attached hydrogens (tertiary/aromatic N) is 6. The Balaban J connectivity index is 0.918. The minimum Gasteiger partial charge on any atom is -0.471 e. The number of hydrogen-bond acceptors (Lipinski definition) is 11. The standard InChI is InChI=1S/C35H29N9O3S/c1-44(27-15-13-23(14-16-27)5-4-6-26(19-36)33-41-28-7-2-3-8-29(28)48-33)17-18-46-35(45)38-20-24-9-11-25(12-10-24)21-47-32-30-31(40-22-39-30)42-34(37)43-32/h2-3,6-16,22H,17-18,20-21H2,1H3,(H,38,45)(H3,37,39,40,42,43)/b26-6+. The average molecular weight is 656 g/mol. The van der Waals surface area contributed by atoms with Crippen LogP contribution in [-0.2, 0) is 17.9 Å². The third-order valence-corrected chi connectivity index (χ3v) is 8.21. The van der Waals surface area contributed by atoms with E-state index in [4.69, 9.17) is 15.2 Å². The van der Waals surface area contributed by atoms with E-state index in [1.54, 1.807) is 6.08 Å². The Morgan fingerprint density at radius 1 is 1.06 bits per heavy atom. The highest BCUT2D eigenvalue weighted by molar-refractivity contribution is 7.19. The fraction of sp³-hybridized carbons (Fsp3) is 0.143.